The Balaban J connectivity index is 1.76. The summed E-state index contributed by atoms with van der Waals surface area (Å²) in [5.74, 6) is -1.21. The number of nitrogens with zero attached hydrogens (tertiary/aromatic N) is 2. The van der Waals surface area contributed by atoms with Crippen molar-refractivity contribution >= 4 is 34.8 Å². The third-order valence-corrected chi connectivity index (χ3v) is 7.04. The molecule has 0 saturated carbocycles. The highest BCUT2D eigenvalue weighted by atomic mass is 35.5. The van der Waals surface area contributed by atoms with Crippen LogP contribution in [0.4, 0.5) is 4.39 Å². The number of likely N-dealkylation sites (N-methyl/N-ethyl adjacent to an activating group) is 1. The molecule has 1 fully saturated rings. The smallest absolute Gasteiger partial charge is 0.294 e. The van der Waals surface area contributed by atoms with E-state index in [0.717, 1.165) is 30.4 Å². The quantitative estimate of drug-likeness (QED) is 0.383. The maximum Gasteiger partial charge on any atom is 0.294 e. The van der Waals surface area contributed by atoms with E-state index in [4.69, 9.17) is 11.6 Å². The fourth-order valence-corrected chi connectivity index (χ4v) is 4.73. The first-order valence-electron chi connectivity index (χ1n) is 12.0. The van der Waals surface area contributed by atoms with Crippen LogP contribution >= 0.6 is 11.6 Å². The molecule has 3 rings (SSSR count). The maximum atomic E-state index is 13.4. The Morgan fingerprint density at radius 2 is 1.74 bits per heavy atom. The van der Waals surface area contributed by atoms with E-state index in [9.17, 15) is 18.8 Å². The molecule has 1 saturated heterocycles. The summed E-state index contributed by atoms with van der Waals surface area (Å²) in [4.78, 5) is 41.9. The number of amides is 2. The van der Waals surface area contributed by atoms with Gasteiger partial charge in [-0.25, -0.2) is 4.39 Å². The van der Waals surface area contributed by atoms with Crippen molar-refractivity contribution in [2.24, 2.45) is 5.92 Å². The Hall–Kier alpha value is -2.99. The van der Waals surface area contributed by atoms with Crippen LogP contribution in [0.2, 0.25) is 5.02 Å². The Morgan fingerprint density at radius 3 is 2.31 bits per heavy atom. The molecule has 0 radical (unpaired) electrons. The lowest BCUT2D eigenvalue weighted by Gasteiger charge is -2.32. The molecule has 2 aromatic rings. The van der Waals surface area contributed by atoms with Gasteiger partial charge in [0.1, 0.15) is 5.82 Å². The number of rotatable bonds is 7. The van der Waals surface area contributed by atoms with Crippen molar-refractivity contribution in [3.05, 3.63) is 75.6 Å². The van der Waals surface area contributed by atoms with E-state index < -0.39 is 11.7 Å². The molecule has 1 aliphatic heterocycles. The highest BCUT2D eigenvalue weighted by Gasteiger charge is 2.28. The highest BCUT2D eigenvalue weighted by molar-refractivity contribution is 6.53. The molecule has 0 atom stereocenters. The van der Waals surface area contributed by atoms with E-state index >= 15 is 0 Å². The second-order valence-corrected chi connectivity index (χ2v) is 9.47. The minimum absolute atomic E-state index is 0.184. The van der Waals surface area contributed by atoms with Crippen LogP contribution in [0.1, 0.15) is 53.7 Å². The number of halogens is 2. The van der Waals surface area contributed by atoms with Gasteiger partial charge in [-0.3, -0.25) is 14.4 Å². The van der Waals surface area contributed by atoms with E-state index in [1.54, 1.807) is 50.9 Å². The van der Waals surface area contributed by atoms with Gasteiger partial charge in [0.2, 0.25) is 0 Å². The third kappa shape index (κ3) is 6.17. The SMILES string of the molecule is C/C=C(/C(=O)C(=O)N(C)CC)c1cc(C(=O)N2CCC(Cc3ccc(F)cc3)CC2)c(Cl)cc1C. The molecule has 1 aliphatic rings. The molecule has 0 N–H and O–H groups in total. The van der Waals surface area contributed by atoms with Gasteiger partial charge in [-0.1, -0.05) is 29.8 Å². The van der Waals surface area contributed by atoms with Crippen LogP contribution in [0.15, 0.2) is 42.5 Å². The van der Waals surface area contributed by atoms with Gasteiger partial charge in [0.15, 0.2) is 0 Å². The molecule has 7 heteroatoms. The van der Waals surface area contributed by atoms with Crippen molar-refractivity contribution in [3.63, 3.8) is 0 Å². The number of aryl methyl sites for hydroxylation is 1. The van der Waals surface area contributed by atoms with Gasteiger partial charge in [0.05, 0.1) is 10.6 Å². The third-order valence-electron chi connectivity index (χ3n) is 6.72. The topological polar surface area (TPSA) is 57.7 Å². The average Bonchev–Trinajstić information content (AvgIpc) is 2.86. The molecule has 2 aromatic carbocycles. The van der Waals surface area contributed by atoms with E-state index in [2.05, 4.69) is 0 Å². The summed E-state index contributed by atoms with van der Waals surface area (Å²) in [5.41, 5.74) is 2.94. The molecule has 186 valence electrons. The normalized spacial score (nSPS) is 14.7. The van der Waals surface area contributed by atoms with E-state index in [0.29, 0.717) is 41.7 Å². The number of piperidine rings is 1. The number of ketones is 1. The largest absolute Gasteiger partial charge is 0.339 e. The first-order chi connectivity index (χ1) is 16.7. The zero-order valence-corrected chi connectivity index (χ0v) is 21.5. The molecule has 0 aliphatic carbocycles. The fraction of sp³-hybridized carbons (Fsp3) is 0.393. The summed E-state index contributed by atoms with van der Waals surface area (Å²) in [7, 11) is 1.58. The number of benzene rings is 2. The fourth-order valence-electron chi connectivity index (χ4n) is 4.43. The Labute approximate surface area is 211 Å². The monoisotopic (exact) mass is 498 g/mol. The van der Waals surface area contributed by atoms with Crippen LogP contribution in [0, 0.1) is 18.7 Å². The summed E-state index contributed by atoms with van der Waals surface area (Å²) < 4.78 is 13.2. The number of Topliss-reactive ketones (excluding diaryl/α,β-unsaturated/α-hetero) is 1. The number of likely N-dealkylation sites (tertiary alicyclic amines) is 1. The first kappa shape index (κ1) is 26.6. The van der Waals surface area contributed by atoms with Crippen molar-refractivity contribution in [1.29, 1.82) is 0 Å². The van der Waals surface area contributed by atoms with Crippen LogP contribution in [0.5, 0.6) is 0 Å². The second-order valence-electron chi connectivity index (χ2n) is 9.06. The van der Waals surface area contributed by atoms with Crippen molar-refractivity contribution < 1.29 is 18.8 Å². The molecule has 0 aromatic heterocycles. The molecule has 0 spiro atoms. The number of allylic oxidation sites excluding steroid dienone is 1. The summed E-state index contributed by atoms with van der Waals surface area (Å²) in [6, 6.07) is 9.88. The molecule has 0 unspecified atom stereocenters. The lowest BCUT2D eigenvalue weighted by atomic mass is 9.89. The van der Waals surface area contributed by atoms with Crippen LogP contribution < -0.4 is 0 Å². The molecule has 35 heavy (non-hydrogen) atoms. The molecule has 1 heterocycles. The minimum Gasteiger partial charge on any atom is -0.339 e. The number of carbonyl (C=O) groups excluding carboxylic acids is 3. The van der Waals surface area contributed by atoms with E-state index in [-0.39, 0.29) is 17.3 Å². The summed E-state index contributed by atoms with van der Waals surface area (Å²) in [6.07, 6.45) is 4.14. The minimum atomic E-state index is -0.609. The molecule has 0 bridgehead atoms. The van der Waals surface area contributed by atoms with E-state index in [1.807, 2.05) is 12.1 Å². The Morgan fingerprint density at radius 1 is 1.11 bits per heavy atom. The predicted octanol–water partition coefficient (Wildman–Crippen LogP) is 5.33. The van der Waals surface area contributed by atoms with Gasteiger partial charge < -0.3 is 9.80 Å². The zero-order valence-electron chi connectivity index (χ0n) is 20.7. The summed E-state index contributed by atoms with van der Waals surface area (Å²) >= 11 is 6.47. The van der Waals surface area contributed by atoms with Crippen LogP contribution in [0.3, 0.4) is 0 Å². The maximum absolute atomic E-state index is 13.4. The first-order valence-corrected chi connectivity index (χ1v) is 12.3. The van der Waals surface area contributed by atoms with Crippen molar-refractivity contribution in [3.8, 4) is 0 Å². The van der Waals surface area contributed by atoms with Crippen LogP contribution in [-0.2, 0) is 16.0 Å². The van der Waals surface area contributed by atoms with Gasteiger partial charge in [-0.05, 0) is 86.9 Å². The number of hydrogen-bond acceptors (Lipinski definition) is 3. The summed E-state index contributed by atoms with van der Waals surface area (Å²) in [5, 5.41) is 0.324. The summed E-state index contributed by atoms with van der Waals surface area (Å²) in [6.45, 7) is 6.92. The van der Waals surface area contributed by atoms with Gasteiger partial charge >= 0.3 is 0 Å². The van der Waals surface area contributed by atoms with Crippen LogP contribution in [-0.4, -0.2) is 54.1 Å². The highest BCUT2D eigenvalue weighted by Crippen LogP contribution is 2.30. The molecule has 5 nitrogen and oxygen atoms in total. The Kier molecular flexibility index (Phi) is 8.84. The lowest BCUT2D eigenvalue weighted by Crippen LogP contribution is -2.39. The van der Waals surface area contributed by atoms with E-state index in [1.165, 1.54) is 17.0 Å². The average molecular weight is 499 g/mol. The second kappa shape index (κ2) is 11.6. The van der Waals surface area contributed by atoms with Gasteiger partial charge in [-0.15, -0.1) is 0 Å². The Bertz CT molecular complexity index is 1140. The lowest BCUT2D eigenvalue weighted by molar-refractivity contribution is -0.140. The van der Waals surface area contributed by atoms with Gasteiger partial charge in [-0.2, -0.15) is 0 Å². The predicted molar refractivity (Wildman–Crippen MR) is 137 cm³/mol. The standard InChI is InChI=1S/C28H32ClFN2O3/c1-5-22(26(33)28(35)31(4)6-2)23-17-24(25(29)15-18(23)3)27(34)32-13-11-20(12-14-32)16-19-7-9-21(30)10-8-19/h5,7-10,15,17,20H,6,11-14,16H2,1-4H3/b22-5+. The molecular formula is C28H32ClFN2O3. The van der Waals surface area contributed by atoms with Crippen molar-refractivity contribution in [2.75, 3.05) is 26.7 Å². The molecule has 2 amide bonds. The molecular weight excluding hydrogens is 467 g/mol. The van der Waals surface area contributed by atoms with Gasteiger partial charge in [0, 0.05) is 32.3 Å². The van der Waals surface area contributed by atoms with Crippen molar-refractivity contribution in [2.45, 2.75) is 40.0 Å². The van der Waals surface area contributed by atoms with Gasteiger partial charge in [0.25, 0.3) is 17.6 Å². The van der Waals surface area contributed by atoms with Crippen LogP contribution in [0.25, 0.3) is 5.57 Å². The number of carbonyl (C=O) groups is 3. The zero-order chi connectivity index (χ0) is 25.7. The van der Waals surface area contributed by atoms with Crippen molar-refractivity contribution in [1.82, 2.24) is 9.80 Å². The number of hydrogen-bond donors (Lipinski definition) is 0.